The fraction of sp³-hybridized carbons (Fsp3) is 0.667. The molecule has 1 aromatic carbocycles. The Kier molecular flexibility index (Phi) is 5.09. The molecule has 1 aromatic rings. The van der Waals surface area contributed by atoms with Gasteiger partial charge in [-0.15, -0.1) is 0 Å². The van der Waals surface area contributed by atoms with E-state index in [4.69, 9.17) is 5.73 Å². The number of nitrogens with zero attached hydrogens (tertiary/aromatic N) is 1. The molecule has 112 valence electrons. The Labute approximate surface area is 124 Å². The number of aryl methyl sites for hydroxylation is 1. The summed E-state index contributed by atoms with van der Waals surface area (Å²) in [6.45, 7) is 10.9. The first-order valence-corrected chi connectivity index (χ1v) is 8.02. The number of benzene rings is 1. The van der Waals surface area contributed by atoms with Crippen molar-refractivity contribution in [2.45, 2.75) is 46.5 Å². The van der Waals surface area contributed by atoms with Gasteiger partial charge in [-0.25, -0.2) is 0 Å². The Balaban J connectivity index is 1.69. The standard InChI is InChI=1S/C18H30N2/c1-18(2,3)16-9-12-20(13-10-16)11-5-7-15-6-4-8-17(19)14-15/h4,6,8,14,16H,5,7,9-13,19H2,1-3H3. The molecule has 0 aliphatic carbocycles. The summed E-state index contributed by atoms with van der Waals surface area (Å²) in [6, 6.07) is 8.30. The Morgan fingerprint density at radius 3 is 2.50 bits per heavy atom. The fourth-order valence-electron chi connectivity index (χ4n) is 3.28. The number of nitrogen functional groups attached to an aromatic ring is 1. The third-order valence-electron chi connectivity index (χ3n) is 4.70. The van der Waals surface area contributed by atoms with Crippen LogP contribution in [0, 0.1) is 11.3 Å². The molecule has 1 saturated heterocycles. The first-order valence-electron chi connectivity index (χ1n) is 8.02. The lowest BCUT2D eigenvalue weighted by molar-refractivity contribution is 0.111. The number of hydrogen-bond acceptors (Lipinski definition) is 2. The second-order valence-corrected chi connectivity index (χ2v) is 7.33. The Bertz CT molecular complexity index is 412. The molecule has 0 spiro atoms. The molecule has 2 heteroatoms. The predicted molar refractivity (Wildman–Crippen MR) is 87.8 cm³/mol. The van der Waals surface area contributed by atoms with Crippen LogP contribution in [0.5, 0.6) is 0 Å². The number of likely N-dealkylation sites (tertiary alicyclic amines) is 1. The van der Waals surface area contributed by atoms with E-state index in [-0.39, 0.29) is 0 Å². The zero-order chi connectivity index (χ0) is 14.6. The maximum atomic E-state index is 5.82. The SMILES string of the molecule is CC(C)(C)C1CCN(CCCc2cccc(N)c2)CC1. The van der Waals surface area contributed by atoms with Crippen LogP contribution in [0.2, 0.25) is 0 Å². The summed E-state index contributed by atoms with van der Waals surface area (Å²) in [6.07, 6.45) is 5.11. The minimum atomic E-state index is 0.480. The lowest BCUT2D eigenvalue weighted by Crippen LogP contribution is -2.38. The van der Waals surface area contributed by atoms with Crippen molar-refractivity contribution in [3.63, 3.8) is 0 Å². The van der Waals surface area contributed by atoms with E-state index in [1.807, 2.05) is 6.07 Å². The second kappa shape index (κ2) is 6.62. The van der Waals surface area contributed by atoms with Crippen LogP contribution in [0.4, 0.5) is 5.69 Å². The van der Waals surface area contributed by atoms with Crippen LogP contribution < -0.4 is 5.73 Å². The molecule has 0 aromatic heterocycles. The molecule has 0 unspecified atom stereocenters. The van der Waals surface area contributed by atoms with Crippen molar-refractivity contribution in [2.24, 2.45) is 11.3 Å². The monoisotopic (exact) mass is 274 g/mol. The normalized spacial score (nSPS) is 18.4. The van der Waals surface area contributed by atoms with Crippen LogP contribution in [-0.2, 0) is 6.42 Å². The first-order chi connectivity index (χ1) is 9.45. The van der Waals surface area contributed by atoms with E-state index in [1.165, 1.54) is 44.5 Å². The van der Waals surface area contributed by atoms with Crippen molar-refractivity contribution >= 4 is 5.69 Å². The van der Waals surface area contributed by atoms with Gasteiger partial charge in [-0.05, 0) is 74.3 Å². The van der Waals surface area contributed by atoms with Gasteiger partial charge in [-0.2, -0.15) is 0 Å². The summed E-state index contributed by atoms with van der Waals surface area (Å²) < 4.78 is 0. The molecule has 1 heterocycles. The number of rotatable bonds is 4. The number of hydrogen-bond donors (Lipinski definition) is 1. The predicted octanol–water partition coefficient (Wildman–Crippen LogP) is 3.96. The van der Waals surface area contributed by atoms with Gasteiger partial charge >= 0.3 is 0 Å². The van der Waals surface area contributed by atoms with Gasteiger partial charge in [0.25, 0.3) is 0 Å². The first kappa shape index (κ1) is 15.4. The van der Waals surface area contributed by atoms with E-state index in [9.17, 15) is 0 Å². The molecule has 2 N–H and O–H groups in total. The van der Waals surface area contributed by atoms with Crippen LogP contribution in [0.1, 0.15) is 45.6 Å². The summed E-state index contributed by atoms with van der Waals surface area (Å²) in [5.41, 5.74) is 8.55. The Morgan fingerprint density at radius 2 is 1.90 bits per heavy atom. The molecule has 1 fully saturated rings. The zero-order valence-corrected chi connectivity index (χ0v) is 13.4. The average Bonchev–Trinajstić information content (AvgIpc) is 2.38. The summed E-state index contributed by atoms with van der Waals surface area (Å²) >= 11 is 0. The Hall–Kier alpha value is -1.02. The molecule has 0 bridgehead atoms. The summed E-state index contributed by atoms with van der Waals surface area (Å²) in [5.74, 6) is 0.896. The van der Waals surface area contributed by atoms with Gasteiger partial charge in [0.1, 0.15) is 0 Å². The highest BCUT2D eigenvalue weighted by Crippen LogP contribution is 2.34. The van der Waals surface area contributed by atoms with Gasteiger partial charge in [0.2, 0.25) is 0 Å². The summed E-state index contributed by atoms with van der Waals surface area (Å²) in [5, 5.41) is 0. The minimum absolute atomic E-state index is 0.480. The van der Waals surface area contributed by atoms with Crippen LogP contribution in [0.15, 0.2) is 24.3 Å². The molecule has 1 aliphatic rings. The van der Waals surface area contributed by atoms with Crippen molar-refractivity contribution in [1.82, 2.24) is 4.90 Å². The van der Waals surface area contributed by atoms with E-state index in [2.05, 4.69) is 43.9 Å². The largest absolute Gasteiger partial charge is 0.399 e. The second-order valence-electron chi connectivity index (χ2n) is 7.33. The number of piperidine rings is 1. The third-order valence-corrected chi connectivity index (χ3v) is 4.70. The maximum Gasteiger partial charge on any atom is 0.0316 e. The van der Waals surface area contributed by atoms with Gasteiger partial charge in [0.05, 0.1) is 0 Å². The van der Waals surface area contributed by atoms with E-state index in [0.29, 0.717) is 5.41 Å². The molecular formula is C18H30N2. The van der Waals surface area contributed by atoms with Crippen molar-refractivity contribution in [3.05, 3.63) is 29.8 Å². The van der Waals surface area contributed by atoms with Gasteiger partial charge in [-0.1, -0.05) is 32.9 Å². The lowest BCUT2D eigenvalue weighted by atomic mass is 9.75. The van der Waals surface area contributed by atoms with E-state index >= 15 is 0 Å². The third kappa shape index (κ3) is 4.52. The Morgan fingerprint density at radius 1 is 1.20 bits per heavy atom. The molecule has 1 aliphatic heterocycles. The highest BCUT2D eigenvalue weighted by Gasteiger charge is 2.28. The molecule has 2 rings (SSSR count). The lowest BCUT2D eigenvalue weighted by Gasteiger charge is -2.38. The smallest absolute Gasteiger partial charge is 0.0316 e. The molecule has 0 atom stereocenters. The van der Waals surface area contributed by atoms with E-state index < -0.39 is 0 Å². The zero-order valence-electron chi connectivity index (χ0n) is 13.4. The van der Waals surface area contributed by atoms with Gasteiger partial charge in [0, 0.05) is 5.69 Å². The molecule has 2 nitrogen and oxygen atoms in total. The van der Waals surface area contributed by atoms with Gasteiger partial charge in [-0.3, -0.25) is 0 Å². The molecule has 0 radical (unpaired) electrons. The quantitative estimate of drug-likeness (QED) is 0.842. The van der Waals surface area contributed by atoms with Gasteiger partial charge < -0.3 is 10.6 Å². The molecule has 20 heavy (non-hydrogen) atoms. The van der Waals surface area contributed by atoms with Crippen LogP contribution in [0.25, 0.3) is 0 Å². The fourth-order valence-corrected chi connectivity index (χ4v) is 3.28. The summed E-state index contributed by atoms with van der Waals surface area (Å²) in [7, 11) is 0. The molecular weight excluding hydrogens is 244 g/mol. The van der Waals surface area contributed by atoms with Crippen molar-refractivity contribution < 1.29 is 0 Å². The van der Waals surface area contributed by atoms with Crippen molar-refractivity contribution in [1.29, 1.82) is 0 Å². The number of anilines is 1. The van der Waals surface area contributed by atoms with Crippen LogP contribution >= 0.6 is 0 Å². The topological polar surface area (TPSA) is 29.3 Å². The highest BCUT2D eigenvalue weighted by atomic mass is 15.1. The van der Waals surface area contributed by atoms with E-state index in [1.54, 1.807) is 0 Å². The van der Waals surface area contributed by atoms with Crippen LogP contribution in [-0.4, -0.2) is 24.5 Å². The minimum Gasteiger partial charge on any atom is -0.399 e. The van der Waals surface area contributed by atoms with Crippen molar-refractivity contribution in [3.8, 4) is 0 Å². The molecule has 0 amide bonds. The van der Waals surface area contributed by atoms with Gasteiger partial charge in [0.15, 0.2) is 0 Å². The highest BCUT2D eigenvalue weighted by molar-refractivity contribution is 5.40. The van der Waals surface area contributed by atoms with E-state index in [0.717, 1.165) is 18.0 Å². The van der Waals surface area contributed by atoms with Crippen molar-refractivity contribution in [2.75, 3.05) is 25.4 Å². The van der Waals surface area contributed by atoms with Crippen LogP contribution in [0.3, 0.4) is 0 Å². The average molecular weight is 274 g/mol. The summed E-state index contributed by atoms with van der Waals surface area (Å²) in [4.78, 5) is 2.63. The molecule has 0 saturated carbocycles. The maximum absolute atomic E-state index is 5.82. The number of nitrogens with two attached hydrogens (primary N) is 1.